The van der Waals surface area contributed by atoms with Gasteiger partial charge in [0.05, 0.1) is 0 Å². The predicted molar refractivity (Wildman–Crippen MR) is 72.7 cm³/mol. The molecule has 0 aliphatic carbocycles. The highest BCUT2D eigenvalue weighted by Crippen LogP contribution is 2.41. The minimum Gasteiger partial charge on any atom is -0.303 e. The molecule has 0 aromatic carbocycles. The van der Waals surface area contributed by atoms with E-state index in [1.165, 1.54) is 58.4 Å². The predicted octanol–water partition coefficient (Wildman–Crippen LogP) is 2.67. The van der Waals surface area contributed by atoms with E-state index in [4.69, 9.17) is 0 Å². The third kappa shape index (κ3) is 3.14. The van der Waals surface area contributed by atoms with E-state index in [1.54, 1.807) is 0 Å². The summed E-state index contributed by atoms with van der Waals surface area (Å²) in [6.45, 7) is 11.0. The lowest BCUT2D eigenvalue weighted by atomic mass is 9.71. The monoisotopic (exact) mass is 242 g/mol. The number of thiol groups is 1. The fourth-order valence-corrected chi connectivity index (χ4v) is 3.40. The topological polar surface area (TPSA) is 6.48 Å². The highest BCUT2D eigenvalue weighted by Gasteiger charge is 2.36. The second-order valence-electron chi connectivity index (χ2n) is 6.15. The molecule has 2 nitrogen and oxygen atoms in total. The van der Waals surface area contributed by atoms with Gasteiger partial charge < -0.3 is 4.90 Å². The first kappa shape index (κ1) is 12.7. The molecule has 0 N–H and O–H groups in total. The third-order valence-electron chi connectivity index (χ3n) is 4.34. The maximum atomic E-state index is 4.45. The molecule has 0 radical (unpaired) electrons. The Morgan fingerprint density at radius 3 is 2.00 bits per heavy atom. The summed E-state index contributed by atoms with van der Waals surface area (Å²) >= 11 is 4.45. The molecule has 2 aliphatic heterocycles. The summed E-state index contributed by atoms with van der Waals surface area (Å²) in [6.07, 6.45) is 5.57. The molecule has 2 saturated heterocycles. The van der Waals surface area contributed by atoms with Crippen LogP contribution in [0.4, 0.5) is 0 Å². The number of likely N-dealkylation sites (tertiary alicyclic amines) is 1. The van der Waals surface area contributed by atoms with Crippen LogP contribution in [0.1, 0.15) is 39.5 Å². The minimum atomic E-state index is 0.673. The second-order valence-corrected chi connectivity index (χ2v) is 6.71. The van der Waals surface area contributed by atoms with E-state index >= 15 is 0 Å². The quantitative estimate of drug-likeness (QED) is 0.744. The largest absolute Gasteiger partial charge is 0.303 e. The first-order valence-corrected chi connectivity index (χ1v) is 7.16. The molecule has 0 aromatic rings. The molecule has 94 valence electrons. The smallest absolute Gasteiger partial charge is 0.00923 e. The van der Waals surface area contributed by atoms with Crippen molar-refractivity contribution in [2.45, 2.75) is 39.5 Å². The molecular formula is C13H26N2S. The van der Waals surface area contributed by atoms with Crippen molar-refractivity contribution in [2.24, 2.45) is 11.3 Å². The second kappa shape index (κ2) is 5.28. The number of rotatable bonds is 2. The van der Waals surface area contributed by atoms with Crippen molar-refractivity contribution in [3.8, 4) is 0 Å². The SMILES string of the molecule is CC(C)CN1CCC2(CCN(S)CC2)CC1. The summed E-state index contributed by atoms with van der Waals surface area (Å²) in [5.74, 6) is 0.813. The molecule has 16 heavy (non-hydrogen) atoms. The average molecular weight is 242 g/mol. The van der Waals surface area contributed by atoms with Crippen molar-refractivity contribution < 1.29 is 0 Å². The number of hydrogen-bond donors (Lipinski definition) is 1. The summed E-state index contributed by atoms with van der Waals surface area (Å²) in [6, 6.07) is 0. The van der Waals surface area contributed by atoms with E-state index in [9.17, 15) is 0 Å². The van der Waals surface area contributed by atoms with Gasteiger partial charge in [0, 0.05) is 19.6 Å². The van der Waals surface area contributed by atoms with Crippen LogP contribution in [0, 0.1) is 11.3 Å². The minimum absolute atomic E-state index is 0.673. The van der Waals surface area contributed by atoms with Crippen LogP contribution in [-0.2, 0) is 0 Å². The van der Waals surface area contributed by atoms with E-state index in [1.807, 2.05) is 0 Å². The van der Waals surface area contributed by atoms with Gasteiger partial charge in [-0.15, -0.1) is 0 Å². The molecule has 0 bridgehead atoms. The Labute approximate surface area is 106 Å². The van der Waals surface area contributed by atoms with E-state index in [0.29, 0.717) is 5.41 Å². The lowest BCUT2D eigenvalue weighted by Crippen LogP contribution is -2.45. The summed E-state index contributed by atoms with van der Waals surface area (Å²) in [5, 5.41) is 0. The van der Waals surface area contributed by atoms with Crippen molar-refractivity contribution in [2.75, 3.05) is 32.7 Å². The van der Waals surface area contributed by atoms with Crippen LogP contribution >= 0.6 is 12.8 Å². The molecule has 0 aromatic heterocycles. The third-order valence-corrected chi connectivity index (χ3v) is 4.74. The van der Waals surface area contributed by atoms with E-state index in [0.717, 1.165) is 5.92 Å². The van der Waals surface area contributed by atoms with Crippen LogP contribution in [0.3, 0.4) is 0 Å². The fraction of sp³-hybridized carbons (Fsp3) is 1.00. The van der Waals surface area contributed by atoms with Gasteiger partial charge in [-0.2, -0.15) is 0 Å². The molecule has 0 atom stereocenters. The van der Waals surface area contributed by atoms with Gasteiger partial charge >= 0.3 is 0 Å². The Morgan fingerprint density at radius 1 is 1.00 bits per heavy atom. The molecule has 0 amide bonds. The standard InChI is InChI=1S/C13H26N2S/c1-12(2)11-14-7-3-13(4-8-14)5-9-15(16)10-6-13/h12,16H,3-11H2,1-2H3. The van der Waals surface area contributed by atoms with E-state index in [2.05, 4.69) is 35.9 Å². The molecule has 3 heteroatoms. The number of nitrogens with zero attached hydrogens (tertiary/aromatic N) is 2. The lowest BCUT2D eigenvalue weighted by molar-refractivity contribution is 0.0539. The highest BCUT2D eigenvalue weighted by molar-refractivity contribution is 7.77. The van der Waals surface area contributed by atoms with Crippen LogP contribution < -0.4 is 0 Å². The Hall–Kier alpha value is 0.270. The zero-order valence-corrected chi connectivity index (χ0v) is 11.7. The van der Waals surface area contributed by atoms with Gasteiger partial charge in [0.15, 0.2) is 0 Å². The molecule has 2 aliphatic rings. The Balaban J connectivity index is 1.80. The molecule has 0 unspecified atom stereocenters. The van der Waals surface area contributed by atoms with Gasteiger partial charge in [-0.05, 0) is 50.1 Å². The molecule has 0 saturated carbocycles. The zero-order chi connectivity index (χ0) is 11.6. The number of hydrogen-bond acceptors (Lipinski definition) is 3. The lowest BCUT2D eigenvalue weighted by Gasteiger charge is -2.46. The molecule has 2 heterocycles. The Kier molecular flexibility index (Phi) is 4.20. The van der Waals surface area contributed by atoms with Crippen LogP contribution in [0.25, 0.3) is 0 Å². The van der Waals surface area contributed by atoms with Crippen LogP contribution in [0.15, 0.2) is 0 Å². The van der Waals surface area contributed by atoms with Crippen LogP contribution in [-0.4, -0.2) is 41.9 Å². The van der Waals surface area contributed by atoms with Crippen molar-refractivity contribution in [1.29, 1.82) is 0 Å². The van der Waals surface area contributed by atoms with E-state index < -0.39 is 0 Å². The summed E-state index contributed by atoms with van der Waals surface area (Å²) in [4.78, 5) is 2.66. The van der Waals surface area contributed by atoms with Gasteiger partial charge in [-0.25, -0.2) is 0 Å². The van der Waals surface area contributed by atoms with Crippen LogP contribution in [0.2, 0.25) is 0 Å². The van der Waals surface area contributed by atoms with Crippen LogP contribution in [0.5, 0.6) is 0 Å². The van der Waals surface area contributed by atoms with Gasteiger partial charge in [-0.3, -0.25) is 4.31 Å². The van der Waals surface area contributed by atoms with Gasteiger partial charge in [-0.1, -0.05) is 26.7 Å². The van der Waals surface area contributed by atoms with Crippen molar-refractivity contribution in [3.63, 3.8) is 0 Å². The number of piperidine rings is 2. The molecular weight excluding hydrogens is 216 g/mol. The molecule has 1 spiro atoms. The fourth-order valence-electron chi connectivity index (χ4n) is 3.20. The van der Waals surface area contributed by atoms with E-state index in [-0.39, 0.29) is 0 Å². The van der Waals surface area contributed by atoms with Crippen molar-refractivity contribution in [1.82, 2.24) is 9.21 Å². The Morgan fingerprint density at radius 2 is 1.50 bits per heavy atom. The summed E-state index contributed by atoms with van der Waals surface area (Å²) < 4.78 is 2.19. The summed E-state index contributed by atoms with van der Waals surface area (Å²) in [5.41, 5.74) is 0.673. The first-order chi connectivity index (χ1) is 7.60. The Bertz CT molecular complexity index is 212. The average Bonchev–Trinajstić information content (AvgIpc) is 2.26. The maximum absolute atomic E-state index is 4.45. The van der Waals surface area contributed by atoms with Gasteiger partial charge in [0.2, 0.25) is 0 Å². The molecule has 2 fully saturated rings. The highest BCUT2D eigenvalue weighted by atomic mass is 32.1. The normalized spacial score (nSPS) is 27.8. The van der Waals surface area contributed by atoms with Crippen molar-refractivity contribution >= 4 is 12.8 Å². The van der Waals surface area contributed by atoms with Gasteiger partial charge in [0.25, 0.3) is 0 Å². The maximum Gasteiger partial charge on any atom is 0.00923 e. The summed E-state index contributed by atoms with van der Waals surface area (Å²) in [7, 11) is 0. The van der Waals surface area contributed by atoms with Crippen molar-refractivity contribution in [3.05, 3.63) is 0 Å². The molecule has 2 rings (SSSR count). The first-order valence-electron chi connectivity index (χ1n) is 6.76. The van der Waals surface area contributed by atoms with Gasteiger partial charge in [0.1, 0.15) is 0 Å². The zero-order valence-electron chi connectivity index (χ0n) is 10.8.